The second-order valence-electron chi connectivity index (χ2n) is 18.7. The van der Waals surface area contributed by atoms with Crippen LogP contribution < -0.4 is 47.7 Å². The van der Waals surface area contributed by atoms with Gasteiger partial charge in [0.2, 0.25) is 0 Å². The number of hydrogen-bond acceptors (Lipinski definition) is 3. The molecule has 0 unspecified atom stereocenters. The Morgan fingerprint density at radius 3 is 0.770 bits per heavy atom. The molecule has 74 heavy (non-hydrogen) atoms. The molecule has 0 radical (unpaired) electrons. The maximum atomic E-state index is 16.7. The van der Waals surface area contributed by atoms with Gasteiger partial charge in [0.15, 0.2) is 21.4 Å². The fraction of sp³-hybridized carbons (Fsp3) is 0. The molecule has 8 heteroatoms. The molecule has 13 rings (SSSR count). The third kappa shape index (κ3) is 7.26. The highest BCUT2D eigenvalue weighted by Gasteiger charge is 2.35. The van der Waals surface area contributed by atoms with Gasteiger partial charge in [0, 0.05) is 80.7 Å². The van der Waals surface area contributed by atoms with Crippen LogP contribution in [0.15, 0.2) is 285 Å². The number of benzene rings is 11. The van der Waals surface area contributed by atoms with E-state index in [2.05, 4.69) is 100 Å². The second kappa shape index (κ2) is 18.3. The minimum absolute atomic E-state index is 0.669. The molecule has 0 saturated carbocycles. The maximum absolute atomic E-state index is 16.7. The van der Waals surface area contributed by atoms with Crippen LogP contribution in [0, 0.1) is 0 Å². The first kappa shape index (κ1) is 45.6. The highest BCUT2D eigenvalue weighted by Crippen LogP contribution is 2.48. The first-order chi connectivity index (χ1) is 36.3. The SMILES string of the molecule is O=P(c1ccccc1)(c1ccccc1)c1cc(-n2c3ccccc3c3ccccc32)cc(-n2c3ccc(P(=O)(c4ccccc4)c4ccccc4)cc3c3cc(P(=O)(c4ccccc4)c4ccccc4)ccc32)c1. The predicted molar refractivity (Wildman–Crippen MR) is 313 cm³/mol. The molecule has 0 fully saturated rings. The summed E-state index contributed by atoms with van der Waals surface area (Å²) in [6, 6.07) is 94.2. The summed E-state index contributed by atoms with van der Waals surface area (Å²) in [4.78, 5) is 0. The molecular weight excluding hydrogens is 962 g/mol. The van der Waals surface area contributed by atoms with Gasteiger partial charge in [-0.2, -0.15) is 0 Å². The van der Waals surface area contributed by atoms with Crippen molar-refractivity contribution in [3.8, 4) is 11.4 Å². The maximum Gasteiger partial charge on any atom is 0.171 e. The number of rotatable bonds is 11. The van der Waals surface area contributed by atoms with E-state index in [1.165, 1.54) is 0 Å². The Balaban J connectivity index is 1.16. The van der Waals surface area contributed by atoms with Gasteiger partial charge in [-0.05, 0) is 66.7 Å². The van der Waals surface area contributed by atoms with Gasteiger partial charge in [-0.15, -0.1) is 0 Å². The minimum atomic E-state index is -3.57. The van der Waals surface area contributed by atoms with Gasteiger partial charge in [-0.1, -0.05) is 218 Å². The van der Waals surface area contributed by atoms with E-state index in [0.717, 1.165) is 86.8 Å². The smallest absolute Gasteiger partial charge is 0.171 e. The lowest BCUT2D eigenvalue weighted by Crippen LogP contribution is -2.26. The van der Waals surface area contributed by atoms with Gasteiger partial charge in [0.05, 0.1) is 22.1 Å². The average molecular weight is 1010 g/mol. The predicted octanol–water partition coefficient (Wildman–Crippen LogP) is 12.8. The molecule has 0 N–H and O–H groups in total. The number of para-hydroxylation sites is 2. The summed E-state index contributed by atoms with van der Waals surface area (Å²) in [5, 5.41) is 10.3. The molecule has 0 aliphatic rings. The molecule has 0 aliphatic heterocycles. The summed E-state index contributed by atoms with van der Waals surface area (Å²) < 4.78 is 53.6. The van der Waals surface area contributed by atoms with Crippen LogP contribution in [0.4, 0.5) is 0 Å². The summed E-state index contributed by atoms with van der Waals surface area (Å²) in [5.41, 5.74) is 5.39. The molecule has 13 aromatic rings. The fourth-order valence-electron chi connectivity index (χ4n) is 11.1. The van der Waals surface area contributed by atoms with Crippen LogP contribution >= 0.6 is 21.4 Å². The first-order valence-corrected chi connectivity index (χ1v) is 29.8. The van der Waals surface area contributed by atoms with Crippen molar-refractivity contribution in [2.75, 3.05) is 0 Å². The van der Waals surface area contributed by atoms with Crippen molar-refractivity contribution in [3.05, 3.63) is 285 Å². The van der Waals surface area contributed by atoms with Gasteiger partial charge in [-0.3, -0.25) is 0 Å². The van der Waals surface area contributed by atoms with Crippen molar-refractivity contribution in [1.29, 1.82) is 0 Å². The quantitative estimate of drug-likeness (QED) is 0.121. The third-order valence-electron chi connectivity index (χ3n) is 14.5. The van der Waals surface area contributed by atoms with Crippen LogP contribution in [-0.4, -0.2) is 9.13 Å². The molecule has 0 amide bonds. The van der Waals surface area contributed by atoms with Crippen LogP contribution in [0.1, 0.15) is 0 Å². The molecule has 11 aromatic carbocycles. The Bertz CT molecular complexity index is 4050. The molecule has 2 heterocycles. The molecular formula is C66H47N2O3P3. The zero-order chi connectivity index (χ0) is 49.9. The summed E-state index contributed by atoms with van der Waals surface area (Å²) in [6.07, 6.45) is 0. The van der Waals surface area contributed by atoms with E-state index >= 15 is 13.7 Å². The van der Waals surface area contributed by atoms with Crippen LogP contribution in [0.5, 0.6) is 0 Å². The monoisotopic (exact) mass is 1010 g/mol. The number of hydrogen-bond donors (Lipinski definition) is 0. The van der Waals surface area contributed by atoms with Crippen LogP contribution in [0.3, 0.4) is 0 Å². The topological polar surface area (TPSA) is 61.1 Å². The van der Waals surface area contributed by atoms with E-state index in [1.54, 1.807) is 0 Å². The highest BCUT2D eigenvalue weighted by atomic mass is 31.2. The molecule has 0 aliphatic carbocycles. The van der Waals surface area contributed by atoms with Crippen LogP contribution in [0.2, 0.25) is 0 Å². The number of fused-ring (bicyclic) bond motifs is 6. The standard InChI is InChI=1S/C66H47N2O3P3/c69-72(50-23-7-1-8-24-50,51-25-9-2-10-26-51)56-39-41-65-61(46-56)62-47-57(73(70,52-27-11-3-12-28-52)53-29-13-4-14-30-53)40-42-66(62)68(65)49-43-48(67-63-37-21-19-35-59(63)60-36-20-22-38-64(60)67)44-58(45-49)74(71,54-31-15-5-16-32-54)55-33-17-6-18-34-55/h1-47H. The van der Waals surface area contributed by atoms with Gasteiger partial charge in [0.25, 0.3) is 0 Å². The van der Waals surface area contributed by atoms with Gasteiger partial charge in [-0.25, -0.2) is 0 Å². The second-order valence-corrected chi connectivity index (χ2v) is 27.0. The van der Waals surface area contributed by atoms with E-state index in [1.807, 2.05) is 194 Å². The molecule has 2 aromatic heterocycles. The molecule has 0 atom stereocenters. The zero-order valence-corrected chi connectivity index (χ0v) is 42.8. The Kier molecular flexibility index (Phi) is 11.3. The Morgan fingerprint density at radius 2 is 0.459 bits per heavy atom. The van der Waals surface area contributed by atoms with Crippen molar-refractivity contribution in [1.82, 2.24) is 9.13 Å². The molecule has 0 spiro atoms. The van der Waals surface area contributed by atoms with Crippen molar-refractivity contribution in [2.45, 2.75) is 0 Å². The molecule has 5 nitrogen and oxygen atoms in total. The molecule has 0 saturated heterocycles. The van der Waals surface area contributed by atoms with E-state index in [9.17, 15) is 0 Å². The summed E-state index contributed by atoms with van der Waals surface area (Å²) >= 11 is 0. The van der Waals surface area contributed by atoms with Crippen molar-refractivity contribution < 1.29 is 13.7 Å². The Morgan fingerprint density at radius 1 is 0.203 bits per heavy atom. The lowest BCUT2D eigenvalue weighted by atomic mass is 10.1. The summed E-state index contributed by atoms with van der Waals surface area (Å²) in [6.45, 7) is 0. The van der Waals surface area contributed by atoms with E-state index in [4.69, 9.17) is 0 Å². The summed E-state index contributed by atoms with van der Waals surface area (Å²) in [7, 11) is -10.5. The van der Waals surface area contributed by atoms with Crippen molar-refractivity contribution in [2.24, 2.45) is 0 Å². The van der Waals surface area contributed by atoms with Gasteiger partial charge < -0.3 is 22.8 Å². The van der Waals surface area contributed by atoms with Gasteiger partial charge in [0.1, 0.15) is 0 Å². The summed E-state index contributed by atoms with van der Waals surface area (Å²) in [5.74, 6) is 0. The minimum Gasteiger partial charge on any atom is -0.309 e. The number of aromatic nitrogens is 2. The number of nitrogens with zero attached hydrogens (tertiary/aromatic N) is 2. The van der Waals surface area contributed by atoms with E-state index < -0.39 is 21.4 Å². The normalized spacial score (nSPS) is 12.2. The zero-order valence-electron chi connectivity index (χ0n) is 40.1. The third-order valence-corrected chi connectivity index (χ3v) is 23.7. The highest BCUT2D eigenvalue weighted by molar-refractivity contribution is 7.86. The van der Waals surface area contributed by atoms with Crippen molar-refractivity contribution >= 4 is 113 Å². The van der Waals surface area contributed by atoms with Crippen molar-refractivity contribution in [3.63, 3.8) is 0 Å². The first-order valence-electron chi connectivity index (χ1n) is 24.7. The van der Waals surface area contributed by atoms with Gasteiger partial charge >= 0.3 is 0 Å². The molecule has 354 valence electrons. The average Bonchev–Trinajstić information content (AvgIpc) is 4.00. The van der Waals surface area contributed by atoms with E-state index in [0.29, 0.717) is 15.9 Å². The van der Waals surface area contributed by atoms with Crippen LogP contribution in [-0.2, 0) is 13.7 Å². The Labute approximate surface area is 429 Å². The van der Waals surface area contributed by atoms with E-state index in [-0.39, 0.29) is 0 Å². The fourth-order valence-corrected chi connectivity index (χ4v) is 19.1. The molecule has 0 bridgehead atoms. The Hall–Kier alpha value is -8.29. The van der Waals surface area contributed by atoms with Crippen LogP contribution in [0.25, 0.3) is 55.0 Å². The lowest BCUT2D eigenvalue weighted by molar-refractivity contribution is 0.591. The largest absolute Gasteiger partial charge is 0.309 e. The lowest BCUT2D eigenvalue weighted by Gasteiger charge is -2.23.